The van der Waals surface area contributed by atoms with Crippen molar-refractivity contribution >= 4 is 11.6 Å². The number of nitrogens with one attached hydrogen (secondary N) is 2. The van der Waals surface area contributed by atoms with Gasteiger partial charge in [0.05, 0.1) is 11.3 Å². The third-order valence-electron chi connectivity index (χ3n) is 3.31. The molecule has 1 amide bonds. The van der Waals surface area contributed by atoms with Gasteiger partial charge >= 0.3 is 0 Å². The zero-order valence-electron chi connectivity index (χ0n) is 13.6. The van der Waals surface area contributed by atoms with Gasteiger partial charge in [-0.25, -0.2) is 0 Å². The number of amides is 1. The first-order chi connectivity index (χ1) is 11.1. The van der Waals surface area contributed by atoms with Crippen molar-refractivity contribution in [2.75, 3.05) is 32.5 Å². The number of pyridine rings is 2. The predicted molar refractivity (Wildman–Crippen MR) is 91.3 cm³/mol. The van der Waals surface area contributed by atoms with E-state index in [1.165, 1.54) is 0 Å². The minimum atomic E-state index is -0.0937. The summed E-state index contributed by atoms with van der Waals surface area (Å²) in [6, 6.07) is 5.71. The molecule has 2 heterocycles. The Morgan fingerprint density at radius 2 is 1.96 bits per heavy atom. The summed E-state index contributed by atoms with van der Waals surface area (Å²) in [6.07, 6.45) is 7.73. The van der Waals surface area contributed by atoms with E-state index in [2.05, 4.69) is 25.5 Å². The van der Waals surface area contributed by atoms with Gasteiger partial charge in [-0.05, 0) is 50.8 Å². The van der Waals surface area contributed by atoms with Gasteiger partial charge in [0.1, 0.15) is 0 Å². The van der Waals surface area contributed by atoms with Crippen molar-refractivity contribution < 1.29 is 4.79 Å². The zero-order chi connectivity index (χ0) is 16.5. The summed E-state index contributed by atoms with van der Waals surface area (Å²) in [6.45, 7) is 2.27. The van der Waals surface area contributed by atoms with Crippen LogP contribution in [0.4, 0.5) is 5.69 Å². The molecule has 0 spiro atoms. The molecule has 0 aromatic carbocycles. The Kier molecular flexibility index (Phi) is 6.50. The fraction of sp³-hybridized carbons (Fsp3) is 0.353. The summed E-state index contributed by atoms with van der Waals surface area (Å²) in [5.74, 6) is -0.0937. The van der Waals surface area contributed by atoms with Crippen LogP contribution in [0.2, 0.25) is 0 Å². The highest BCUT2D eigenvalue weighted by molar-refractivity contribution is 5.94. The van der Waals surface area contributed by atoms with Crippen LogP contribution in [0.1, 0.15) is 22.3 Å². The van der Waals surface area contributed by atoms with E-state index in [4.69, 9.17) is 0 Å². The molecule has 2 N–H and O–H groups in total. The molecule has 0 bridgehead atoms. The molecule has 0 radical (unpaired) electrons. The molecule has 6 heteroatoms. The van der Waals surface area contributed by atoms with Crippen molar-refractivity contribution in [3.63, 3.8) is 0 Å². The van der Waals surface area contributed by atoms with Gasteiger partial charge in [0.2, 0.25) is 0 Å². The maximum atomic E-state index is 12.1. The Balaban J connectivity index is 1.85. The van der Waals surface area contributed by atoms with E-state index in [1.54, 1.807) is 24.8 Å². The van der Waals surface area contributed by atoms with E-state index in [0.717, 1.165) is 24.2 Å². The van der Waals surface area contributed by atoms with E-state index in [0.29, 0.717) is 18.7 Å². The molecule has 0 saturated heterocycles. The van der Waals surface area contributed by atoms with Crippen LogP contribution in [-0.2, 0) is 6.54 Å². The summed E-state index contributed by atoms with van der Waals surface area (Å²) in [5, 5.41) is 6.18. The van der Waals surface area contributed by atoms with Gasteiger partial charge in [-0.3, -0.25) is 14.8 Å². The van der Waals surface area contributed by atoms with Gasteiger partial charge in [0.25, 0.3) is 5.91 Å². The molecule has 2 rings (SSSR count). The van der Waals surface area contributed by atoms with Crippen LogP contribution < -0.4 is 10.6 Å². The van der Waals surface area contributed by atoms with Crippen LogP contribution in [0.5, 0.6) is 0 Å². The highest BCUT2D eigenvalue weighted by atomic mass is 16.1. The first kappa shape index (κ1) is 16.9. The van der Waals surface area contributed by atoms with Crippen LogP contribution in [0.15, 0.2) is 43.0 Å². The molecule has 0 fully saturated rings. The first-order valence-corrected chi connectivity index (χ1v) is 7.66. The quantitative estimate of drug-likeness (QED) is 0.727. The molecule has 0 aliphatic heterocycles. The normalized spacial score (nSPS) is 10.6. The summed E-state index contributed by atoms with van der Waals surface area (Å²) < 4.78 is 0. The van der Waals surface area contributed by atoms with E-state index in [-0.39, 0.29) is 5.91 Å². The minimum absolute atomic E-state index is 0.0937. The SMILES string of the molecule is CN(C)CCCNC(=O)c1cncc(NCc2ccncc2)c1. The monoisotopic (exact) mass is 313 g/mol. The summed E-state index contributed by atoms with van der Waals surface area (Å²) in [7, 11) is 4.04. The Hall–Kier alpha value is -2.47. The lowest BCUT2D eigenvalue weighted by atomic mass is 10.2. The zero-order valence-corrected chi connectivity index (χ0v) is 13.6. The van der Waals surface area contributed by atoms with Gasteiger partial charge < -0.3 is 15.5 Å². The molecule has 23 heavy (non-hydrogen) atoms. The van der Waals surface area contributed by atoms with Gasteiger partial charge in [0.15, 0.2) is 0 Å². The lowest BCUT2D eigenvalue weighted by molar-refractivity contribution is 0.0952. The van der Waals surface area contributed by atoms with Gasteiger partial charge in [0, 0.05) is 37.9 Å². The Morgan fingerprint density at radius 3 is 2.70 bits per heavy atom. The Morgan fingerprint density at radius 1 is 1.17 bits per heavy atom. The number of aromatic nitrogens is 2. The van der Waals surface area contributed by atoms with Gasteiger partial charge in [-0.2, -0.15) is 0 Å². The highest BCUT2D eigenvalue weighted by Gasteiger charge is 2.06. The number of anilines is 1. The molecule has 6 nitrogen and oxygen atoms in total. The fourth-order valence-electron chi connectivity index (χ4n) is 2.06. The lowest BCUT2D eigenvalue weighted by Crippen LogP contribution is -2.27. The maximum Gasteiger partial charge on any atom is 0.252 e. The van der Waals surface area contributed by atoms with Crippen LogP contribution in [-0.4, -0.2) is 48.0 Å². The highest BCUT2D eigenvalue weighted by Crippen LogP contribution is 2.10. The van der Waals surface area contributed by atoms with Crippen LogP contribution in [0, 0.1) is 0 Å². The molecule has 0 aliphatic rings. The smallest absolute Gasteiger partial charge is 0.252 e. The maximum absolute atomic E-state index is 12.1. The molecule has 0 unspecified atom stereocenters. The predicted octanol–water partition coefficient (Wildman–Crippen LogP) is 1.77. The van der Waals surface area contributed by atoms with Crippen molar-refractivity contribution in [1.82, 2.24) is 20.2 Å². The van der Waals surface area contributed by atoms with E-state index >= 15 is 0 Å². The molecule has 0 aliphatic carbocycles. The van der Waals surface area contributed by atoms with Crippen molar-refractivity contribution in [1.29, 1.82) is 0 Å². The third kappa shape index (κ3) is 6.04. The van der Waals surface area contributed by atoms with E-state index < -0.39 is 0 Å². The average Bonchev–Trinajstić information content (AvgIpc) is 2.58. The van der Waals surface area contributed by atoms with Crippen LogP contribution in [0.3, 0.4) is 0 Å². The van der Waals surface area contributed by atoms with Crippen molar-refractivity contribution in [3.8, 4) is 0 Å². The fourth-order valence-corrected chi connectivity index (χ4v) is 2.06. The molecular weight excluding hydrogens is 290 g/mol. The Labute approximate surface area is 137 Å². The topological polar surface area (TPSA) is 70.2 Å². The van der Waals surface area contributed by atoms with E-state index in [9.17, 15) is 4.79 Å². The van der Waals surface area contributed by atoms with E-state index in [1.807, 2.05) is 32.3 Å². The average molecular weight is 313 g/mol. The second-order valence-electron chi connectivity index (χ2n) is 5.58. The number of rotatable bonds is 8. The van der Waals surface area contributed by atoms with Crippen LogP contribution >= 0.6 is 0 Å². The number of carbonyl (C=O) groups excluding carboxylic acids is 1. The molecule has 2 aromatic heterocycles. The van der Waals surface area contributed by atoms with Gasteiger partial charge in [-0.15, -0.1) is 0 Å². The second-order valence-corrected chi connectivity index (χ2v) is 5.58. The number of carbonyl (C=O) groups is 1. The summed E-state index contributed by atoms with van der Waals surface area (Å²) in [4.78, 5) is 22.3. The summed E-state index contributed by atoms with van der Waals surface area (Å²) >= 11 is 0. The van der Waals surface area contributed by atoms with Crippen molar-refractivity contribution in [2.45, 2.75) is 13.0 Å². The molecule has 2 aromatic rings. The molecule has 0 atom stereocenters. The van der Waals surface area contributed by atoms with Gasteiger partial charge in [-0.1, -0.05) is 0 Å². The first-order valence-electron chi connectivity index (χ1n) is 7.66. The van der Waals surface area contributed by atoms with Crippen molar-refractivity contribution in [3.05, 3.63) is 54.1 Å². The lowest BCUT2D eigenvalue weighted by Gasteiger charge is -2.10. The van der Waals surface area contributed by atoms with Crippen LogP contribution in [0.25, 0.3) is 0 Å². The number of nitrogens with zero attached hydrogens (tertiary/aromatic N) is 3. The number of hydrogen-bond donors (Lipinski definition) is 2. The molecule has 0 saturated carbocycles. The Bertz CT molecular complexity index is 615. The molecule has 122 valence electrons. The largest absolute Gasteiger partial charge is 0.380 e. The summed E-state index contributed by atoms with van der Waals surface area (Å²) in [5.41, 5.74) is 2.51. The third-order valence-corrected chi connectivity index (χ3v) is 3.31. The van der Waals surface area contributed by atoms with Crippen molar-refractivity contribution in [2.24, 2.45) is 0 Å². The standard InChI is InChI=1S/C17H23N5O/c1-22(2)9-3-6-20-17(23)15-10-16(13-19-12-15)21-11-14-4-7-18-8-5-14/h4-5,7-8,10,12-13,21H,3,6,9,11H2,1-2H3,(H,20,23). The number of hydrogen-bond acceptors (Lipinski definition) is 5. The minimum Gasteiger partial charge on any atom is -0.380 e. The second kappa shape index (κ2) is 8.85. The molecular formula is C17H23N5O.